The van der Waals surface area contributed by atoms with Gasteiger partial charge in [-0.3, -0.25) is 4.79 Å². The van der Waals surface area contributed by atoms with Crippen molar-refractivity contribution in [2.24, 2.45) is 17.1 Å². The summed E-state index contributed by atoms with van der Waals surface area (Å²) in [6, 6.07) is 6.87. The molecule has 4 atom stereocenters. The highest BCUT2D eigenvalue weighted by Crippen LogP contribution is 2.49. The van der Waals surface area contributed by atoms with Gasteiger partial charge >= 0.3 is 0 Å². The van der Waals surface area contributed by atoms with E-state index in [9.17, 15) is 13.2 Å². The number of nitrogens with two attached hydrogens (primary N) is 1. The number of terminal acetylenes is 2. The molecule has 0 radical (unpaired) electrons. The number of amides is 1. The number of fused-ring (bicyclic) bond motifs is 3. The molecule has 1 saturated heterocycles. The number of morpholine rings is 1. The molecule has 1 aromatic rings. The molecule has 54 heavy (non-hydrogen) atoms. The lowest BCUT2D eigenvalue weighted by molar-refractivity contribution is -0.154. The molecule has 300 valence electrons. The molecular weight excluding hydrogens is 695 g/mol. The third kappa shape index (κ3) is 11.3. The van der Waals surface area contributed by atoms with Gasteiger partial charge in [-0.25, -0.2) is 0 Å². The molecule has 9 nitrogen and oxygen atoms in total. The summed E-state index contributed by atoms with van der Waals surface area (Å²) in [6.07, 6.45) is 31.4. The van der Waals surface area contributed by atoms with Crippen LogP contribution in [0.3, 0.4) is 0 Å². The Morgan fingerprint density at radius 3 is 2.20 bits per heavy atom. The minimum Gasteiger partial charge on any atom is -0.372 e. The van der Waals surface area contributed by atoms with Crippen LogP contribution in [0.5, 0.6) is 0 Å². The van der Waals surface area contributed by atoms with Crippen LogP contribution in [0.2, 0.25) is 0 Å². The van der Waals surface area contributed by atoms with Gasteiger partial charge in [0.05, 0.1) is 17.6 Å². The molecule has 3 heterocycles. The average Bonchev–Trinajstić information content (AvgIpc) is 3.47. The molecule has 10 heteroatoms. The second-order valence-corrected chi connectivity index (χ2v) is 16.9. The number of nitrogens with one attached hydrogen (secondary N) is 1. The van der Waals surface area contributed by atoms with Crippen molar-refractivity contribution in [2.75, 3.05) is 53.4 Å². The highest BCUT2D eigenvalue weighted by atomic mass is 32.2. The van der Waals surface area contributed by atoms with E-state index in [1.807, 2.05) is 32.6 Å². The van der Waals surface area contributed by atoms with E-state index < -0.39 is 15.6 Å². The van der Waals surface area contributed by atoms with Gasteiger partial charge < -0.3 is 20.3 Å². The van der Waals surface area contributed by atoms with E-state index in [0.717, 1.165) is 31.3 Å². The second-order valence-electron chi connectivity index (χ2n) is 14.9. The summed E-state index contributed by atoms with van der Waals surface area (Å²) in [5.41, 5.74) is 13.2. The Labute approximate surface area is 329 Å². The molecule has 3 N–H and O–H groups in total. The second kappa shape index (κ2) is 22.2. The fraction of sp³-hybridized carbons (Fsp3) is 0.614. The highest BCUT2D eigenvalue weighted by Gasteiger charge is 2.49. The predicted octanol–water partition coefficient (Wildman–Crippen LogP) is 6.74. The zero-order valence-corrected chi connectivity index (χ0v) is 35.3. The van der Waals surface area contributed by atoms with E-state index in [1.165, 1.54) is 72.0 Å². The number of nitrogens with zero attached hydrogens (tertiary/aromatic N) is 3. The van der Waals surface area contributed by atoms with Gasteiger partial charge in [0.1, 0.15) is 0 Å². The van der Waals surface area contributed by atoms with Crippen LogP contribution in [-0.4, -0.2) is 94.0 Å². The zero-order chi connectivity index (χ0) is 40.6. The van der Waals surface area contributed by atoms with Crippen molar-refractivity contribution >= 4 is 21.8 Å². The monoisotopic (exact) mass is 764 g/mol. The fourth-order valence-corrected chi connectivity index (χ4v) is 9.04. The lowest BCUT2D eigenvalue weighted by atomic mass is 9.71. The first-order valence-electron chi connectivity index (χ1n) is 19.8. The summed E-state index contributed by atoms with van der Waals surface area (Å²) in [5, 5.41) is 0. The summed E-state index contributed by atoms with van der Waals surface area (Å²) < 4.78 is 35.3. The van der Waals surface area contributed by atoms with Crippen LogP contribution in [0, 0.1) is 37.0 Å². The molecule has 3 aliphatic heterocycles. The summed E-state index contributed by atoms with van der Waals surface area (Å²) in [4.78, 5) is 19.4. The minimum atomic E-state index is -3.59. The first kappa shape index (κ1) is 46.8. The van der Waals surface area contributed by atoms with Crippen molar-refractivity contribution in [3.05, 3.63) is 64.3 Å². The quantitative estimate of drug-likeness (QED) is 0.225. The summed E-state index contributed by atoms with van der Waals surface area (Å²) in [7, 11) is -0.521. The van der Waals surface area contributed by atoms with Gasteiger partial charge in [0, 0.05) is 70.5 Å². The summed E-state index contributed by atoms with van der Waals surface area (Å²) in [5.74, 6) is 0.398. The van der Waals surface area contributed by atoms with Gasteiger partial charge in [-0.1, -0.05) is 82.9 Å². The first-order chi connectivity index (χ1) is 25.9. The van der Waals surface area contributed by atoms with Crippen molar-refractivity contribution in [3.63, 3.8) is 0 Å². The largest absolute Gasteiger partial charge is 0.372 e. The van der Waals surface area contributed by atoms with Gasteiger partial charge in [0.2, 0.25) is 5.91 Å². The number of hydrogen-bond donors (Lipinski definition) is 2. The maximum atomic E-state index is 15.0. The standard InChI is InChI=1S/C38H59N5O4S.C2H6.2C2H2/c1-7-29-17-18-33-34(21-29)35(22-39)38(4,37(44)43-24-27(2)47-28(3)25-43)26-42-20-19-30(23-40-48(45,46)41(5)6)13-12-16-32(36(33)42)31-14-10-8-9-11-15-31;3*1-2/h12-13,17-19,21,27-28,31,35,40H,7-11,14-16,20,22-26,39H2,1-6H3;1-2H3;2*1-2H/b13-12-,30-19+,36-32+;;;. The fourth-order valence-electron chi connectivity index (χ4n) is 8.43. The molecule has 1 aromatic carbocycles. The molecular formula is C44H69N5O4S. The number of carbonyl (C=O) groups excluding carboxylic acids is 1. The number of hydrogen-bond acceptors (Lipinski definition) is 6. The van der Waals surface area contributed by atoms with Gasteiger partial charge in [-0.2, -0.15) is 17.4 Å². The molecule has 4 unspecified atom stereocenters. The predicted molar refractivity (Wildman–Crippen MR) is 226 cm³/mol. The molecule has 1 amide bonds. The summed E-state index contributed by atoms with van der Waals surface area (Å²) >= 11 is 0. The molecule has 4 aliphatic rings. The van der Waals surface area contributed by atoms with E-state index in [4.69, 9.17) is 10.5 Å². The number of benzene rings is 1. The van der Waals surface area contributed by atoms with Crippen molar-refractivity contribution in [2.45, 2.75) is 111 Å². The normalized spacial score (nSPS) is 27.7. The third-order valence-corrected chi connectivity index (χ3v) is 12.5. The van der Waals surface area contributed by atoms with E-state index in [-0.39, 0.29) is 30.6 Å². The van der Waals surface area contributed by atoms with E-state index in [1.54, 1.807) is 0 Å². The average molecular weight is 764 g/mol. The van der Waals surface area contributed by atoms with Crippen LogP contribution in [0.4, 0.5) is 0 Å². The number of carbonyl (C=O) groups is 1. The van der Waals surface area contributed by atoms with Crippen LogP contribution in [0.15, 0.2) is 47.6 Å². The molecule has 5 rings (SSSR count). The summed E-state index contributed by atoms with van der Waals surface area (Å²) in [6.45, 7) is 15.2. The highest BCUT2D eigenvalue weighted by molar-refractivity contribution is 7.87. The van der Waals surface area contributed by atoms with Gasteiger partial charge in [-0.05, 0) is 74.6 Å². The smallest absolute Gasteiger partial charge is 0.279 e. The third-order valence-electron chi connectivity index (χ3n) is 11.0. The molecule has 0 spiro atoms. The number of aryl methyl sites for hydroxylation is 1. The topological polar surface area (TPSA) is 108 Å². The Hall–Kier alpha value is -3.38. The van der Waals surface area contributed by atoms with Crippen molar-refractivity contribution in [1.29, 1.82) is 0 Å². The Morgan fingerprint density at radius 2 is 1.65 bits per heavy atom. The van der Waals surface area contributed by atoms with Crippen LogP contribution >= 0.6 is 0 Å². The Bertz CT molecular complexity index is 1590. The lowest BCUT2D eigenvalue weighted by Gasteiger charge is -2.44. The molecule has 2 fully saturated rings. The minimum absolute atomic E-state index is 0.0348. The van der Waals surface area contributed by atoms with Crippen LogP contribution in [0.1, 0.15) is 109 Å². The first-order valence-corrected chi connectivity index (χ1v) is 21.3. The molecule has 1 aliphatic carbocycles. The Balaban J connectivity index is 0.00000160. The van der Waals surface area contributed by atoms with Gasteiger partial charge in [0.15, 0.2) is 0 Å². The van der Waals surface area contributed by atoms with Gasteiger partial charge in [-0.15, -0.1) is 25.7 Å². The number of rotatable bonds is 8. The Kier molecular flexibility index (Phi) is 19.3. The Morgan fingerprint density at radius 1 is 1.04 bits per heavy atom. The SMILES string of the molecule is C#C.C#C.CC.CCc1ccc2c(c1)C(CN)C(C)(C(=O)N1CC(C)OC(C)C1)CN1C/C=C(CNS(=O)(=O)N(C)C)\C=C/C/C(C3CCCCCC3)=C/21. The number of ether oxygens (including phenoxy) is 1. The molecule has 0 bridgehead atoms. The van der Waals surface area contributed by atoms with Crippen LogP contribution in [-0.2, 0) is 26.2 Å². The van der Waals surface area contributed by atoms with Crippen LogP contribution in [0.25, 0.3) is 5.70 Å². The van der Waals surface area contributed by atoms with Crippen LogP contribution < -0.4 is 10.5 Å². The van der Waals surface area contributed by atoms with Gasteiger partial charge in [0.25, 0.3) is 10.2 Å². The lowest BCUT2D eigenvalue weighted by Crippen LogP contribution is -2.57. The van der Waals surface area contributed by atoms with Crippen molar-refractivity contribution in [3.8, 4) is 25.7 Å². The van der Waals surface area contributed by atoms with E-state index >= 15 is 0 Å². The van der Waals surface area contributed by atoms with E-state index in [0.29, 0.717) is 38.6 Å². The zero-order valence-electron chi connectivity index (χ0n) is 34.4. The van der Waals surface area contributed by atoms with Crippen molar-refractivity contribution in [1.82, 2.24) is 18.8 Å². The number of allylic oxidation sites excluding steroid dienone is 2. The molecule has 1 saturated carbocycles. The maximum Gasteiger partial charge on any atom is 0.279 e. The molecule has 0 aromatic heterocycles. The van der Waals surface area contributed by atoms with E-state index in [2.05, 4.69) is 85.6 Å². The maximum absolute atomic E-state index is 15.0. The van der Waals surface area contributed by atoms with Crippen molar-refractivity contribution < 1.29 is 17.9 Å².